The molecule has 0 aliphatic heterocycles. The molecule has 2 heterocycles. The summed E-state index contributed by atoms with van der Waals surface area (Å²) in [5.74, 6) is 0.370. The zero-order chi connectivity index (χ0) is 18.8. The van der Waals surface area contributed by atoms with E-state index in [2.05, 4.69) is 25.4 Å². The van der Waals surface area contributed by atoms with Crippen LogP contribution in [0.2, 0.25) is 5.02 Å². The Morgan fingerprint density at radius 1 is 1.31 bits per heavy atom. The second kappa shape index (κ2) is 7.33. The Bertz CT molecular complexity index is 1080. The molecule has 0 atom stereocenters. The molecule has 3 aromatic rings. The predicted octanol–water partition coefficient (Wildman–Crippen LogP) is 3.23. The molecule has 0 saturated carbocycles. The highest BCUT2D eigenvalue weighted by atomic mass is 35.5. The number of halogens is 1. The van der Waals surface area contributed by atoms with Crippen LogP contribution in [0, 0.1) is 5.92 Å². The van der Waals surface area contributed by atoms with E-state index in [1.807, 2.05) is 0 Å². The molecule has 136 valence electrons. The van der Waals surface area contributed by atoms with Gasteiger partial charge in [0.05, 0.1) is 12.0 Å². The summed E-state index contributed by atoms with van der Waals surface area (Å²) in [5, 5.41) is 0.507. The third-order valence-corrected chi connectivity index (χ3v) is 4.46. The molecule has 0 bridgehead atoms. The van der Waals surface area contributed by atoms with Gasteiger partial charge in [0.2, 0.25) is 0 Å². The van der Waals surface area contributed by atoms with Crippen molar-refractivity contribution in [3.63, 3.8) is 0 Å². The molecule has 1 aromatic carbocycles. The van der Waals surface area contributed by atoms with Gasteiger partial charge in [0.1, 0.15) is 0 Å². The number of aromatic nitrogens is 4. The molecule has 26 heavy (non-hydrogen) atoms. The maximum Gasteiger partial charge on any atom is 0.337 e. The van der Waals surface area contributed by atoms with Crippen LogP contribution in [0.15, 0.2) is 52.8 Å². The predicted molar refractivity (Wildman–Crippen MR) is 104 cm³/mol. The fourth-order valence-corrected chi connectivity index (χ4v) is 3.07. The Hall–Kier alpha value is -2.60. The van der Waals surface area contributed by atoms with Gasteiger partial charge >= 0.3 is 5.69 Å². The summed E-state index contributed by atoms with van der Waals surface area (Å²) in [7, 11) is 0. The smallest absolute Gasteiger partial charge is 0.321 e. The summed E-state index contributed by atoms with van der Waals surface area (Å²) in [6.07, 6.45) is 3.97. The van der Waals surface area contributed by atoms with Gasteiger partial charge in [-0.3, -0.25) is 9.36 Å². The summed E-state index contributed by atoms with van der Waals surface area (Å²) in [5.41, 5.74) is 0.547. The number of rotatable bonds is 6. The lowest BCUT2D eigenvalue weighted by Crippen LogP contribution is -2.40. The summed E-state index contributed by atoms with van der Waals surface area (Å²) in [6.45, 7) is 8.62. The molecular formula is C19H21ClN4O2. The molecule has 0 amide bonds. The van der Waals surface area contributed by atoms with E-state index in [0.717, 1.165) is 6.42 Å². The number of imidazole rings is 1. The molecule has 6 nitrogen and oxygen atoms in total. The van der Waals surface area contributed by atoms with Crippen molar-refractivity contribution >= 4 is 22.8 Å². The first-order chi connectivity index (χ1) is 12.4. The minimum atomic E-state index is -0.408. The van der Waals surface area contributed by atoms with E-state index in [-0.39, 0.29) is 5.56 Å². The highest BCUT2D eigenvalue weighted by molar-refractivity contribution is 6.30. The largest absolute Gasteiger partial charge is 0.337 e. The minimum Gasteiger partial charge on any atom is -0.321 e. The van der Waals surface area contributed by atoms with Crippen molar-refractivity contribution < 1.29 is 0 Å². The highest BCUT2D eigenvalue weighted by Gasteiger charge is 2.19. The van der Waals surface area contributed by atoms with Crippen LogP contribution >= 0.6 is 11.6 Å². The van der Waals surface area contributed by atoms with Gasteiger partial charge in [0.25, 0.3) is 5.56 Å². The highest BCUT2D eigenvalue weighted by Crippen LogP contribution is 2.17. The third-order valence-electron chi connectivity index (χ3n) is 4.22. The van der Waals surface area contributed by atoms with Crippen molar-refractivity contribution in [3.8, 4) is 5.69 Å². The van der Waals surface area contributed by atoms with Crippen molar-refractivity contribution in [2.45, 2.75) is 33.4 Å². The number of nitrogens with zero attached hydrogens (tertiary/aromatic N) is 4. The van der Waals surface area contributed by atoms with Crippen molar-refractivity contribution in [1.29, 1.82) is 0 Å². The first-order valence-corrected chi connectivity index (χ1v) is 8.89. The van der Waals surface area contributed by atoms with E-state index in [4.69, 9.17) is 11.6 Å². The van der Waals surface area contributed by atoms with Crippen molar-refractivity contribution in [1.82, 2.24) is 18.7 Å². The average molecular weight is 373 g/mol. The lowest BCUT2D eigenvalue weighted by molar-refractivity contribution is 0.491. The minimum absolute atomic E-state index is 0.324. The van der Waals surface area contributed by atoms with Gasteiger partial charge in [0.15, 0.2) is 11.2 Å². The van der Waals surface area contributed by atoms with Crippen molar-refractivity contribution in [3.05, 3.63) is 69.1 Å². The molecule has 0 aliphatic rings. The van der Waals surface area contributed by atoms with Crippen LogP contribution in [0.1, 0.15) is 20.3 Å². The van der Waals surface area contributed by atoms with Crippen LogP contribution in [0.3, 0.4) is 0 Å². The van der Waals surface area contributed by atoms with Crippen LogP contribution in [-0.4, -0.2) is 18.7 Å². The van der Waals surface area contributed by atoms with Gasteiger partial charge in [-0.15, -0.1) is 6.58 Å². The normalized spacial score (nSPS) is 11.4. The lowest BCUT2D eigenvalue weighted by Gasteiger charge is -2.13. The maximum atomic E-state index is 13.1. The van der Waals surface area contributed by atoms with Gasteiger partial charge < -0.3 is 4.57 Å². The number of hydrogen-bond acceptors (Lipinski definition) is 3. The lowest BCUT2D eigenvalue weighted by atomic mass is 10.1. The van der Waals surface area contributed by atoms with E-state index in [0.29, 0.717) is 40.9 Å². The second-order valence-electron chi connectivity index (χ2n) is 6.59. The topological polar surface area (TPSA) is 61.8 Å². The Kier molecular flexibility index (Phi) is 5.13. The van der Waals surface area contributed by atoms with Gasteiger partial charge in [0, 0.05) is 18.1 Å². The first kappa shape index (κ1) is 18.2. The van der Waals surface area contributed by atoms with E-state index < -0.39 is 5.69 Å². The number of allylic oxidation sites excluding steroid dienone is 1. The van der Waals surface area contributed by atoms with Crippen LogP contribution in [0.5, 0.6) is 0 Å². The Labute approximate surface area is 156 Å². The first-order valence-electron chi connectivity index (χ1n) is 8.51. The average Bonchev–Trinajstić information content (AvgIpc) is 2.98. The van der Waals surface area contributed by atoms with Crippen molar-refractivity contribution in [2.24, 2.45) is 5.92 Å². The van der Waals surface area contributed by atoms with Gasteiger partial charge in [-0.25, -0.2) is 14.3 Å². The fourth-order valence-electron chi connectivity index (χ4n) is 2.89. The summed E-state index contributed by atoms with van der Waals surface area (Å²) in [6, 6.07) is 6.96. The zero-order valence-corrected chi connectivity index (χ0v) is 15.6. The molecule has 0 saturated heterocycles. The summed E-state index contributed by atoms with van der Waals surface area (Å²) in [4.78, 5) is 30.4. The van der Waals surface area contributed by atoms with E-state index in [1.54, 1.807) is 41.2 Å². The summed E-state index contributed by atoms with van der Waals surface area (Å²) < 4.78 is 4.43. The standard InChI is InChI=1S/C19H21ClN4O2/c1-4-9-22-12-21-17-16(22)18(25)23(10-8-13(2)3)19(26)24(17)15-7-5-6-14(20)11-15/h4-7,11-13H,1,8-10H2,2-3H3. The molecule has 0 fully saturated rings. The fraction of sp³-hybridized carbons (Fsp3) is 0.316. The molecule has 3 rings (SSSR count). The van der Waals surface area contributed by atoms with Crippen LogP contribution < -0.4 is 11.2 Å². The Balaban J connectivity index is 2.37. The van der Waals surface area contributed by atoms with E-state index in [9.17, 15) is 9.59 Å². The number of fused-ring (bicyclic) bond motifs is 1. The van der Waals surface area contributed by atoms with E-state index >= 15 is 0 Å². The third kappa shape index (κ3) is 3.24. The molecule has 7 heteroatoms. The molecule has 0 unspecified atom stereocenters. The van der Waals surface area contributed by atoms with Gasteiger partial charge in [-0.1, -0.05) is 37.6 Å². The summed E-state index contributed by atoms with van der Waals surface area (Å²) >= 11 is 6.10. The SMILES string of the molecule is C=CCn1cnc2c1c(=O)n(CCC(C)C)c(=O)n2-c1cccc(Cl)c1. The second-order valence-corrected chi connectivity index (χ2v) is 7.03. The van der Waals surface area contributed by atoms with Gasteiger partial charge in [-0.2, -0.15) is 0 Å². The molecule has 0 N–H and O–H groups in total. The number of benzene rings is 1. The molecular weight excluding hydrogens is 352 g/mol. The van der Waals surface area contributed by atoms with Gasteiger partial charge in [-0.05, 0) is 30.5 Å². The van der Waals surface area contributed by atoms with Crippen LogP contribution in [0.25, 0.3) is 16.9 Å². The van der Waals surface area contributed by atoms with Crippen LogP contribution in [-0.2, 0) is 13.1 Å². The maximum absolute atomic E-state index is 13.1. The molecule has 0 spiro atoms. The molecule has 0 aliphatic carbocycles. The Morgan fingerprint density at radius 3 is 2.73 bits per heavy atom. The Morgan fingerprint density at radius 2 is 2.08 bits per heavy atom. The molecule has 0 radical (unpaired) electrons. The van der Waals surface area contributed by atoms with Crippen molar-refractivity contribution in [2.75, 3.05) is 0 Å². The van der Waals surface area contributed by atoms with Crippen LogP contribution in [0.4, 0.5) is 0 Å². The number of hydrogen-bond donors (Lipinski definition) is 0. The monoisotopic (exact) mass is 372 g/mol. The zero-order valence-electron chi connectivity index (χ0n) is 14.9. The quantitative estimate of drug-likeness (QED) is 0.624. The molecule has 2 aromatic heterocycles. The van der Waals surface area contributed by atoms with E-state index in [1.165, 1.54) is 9.13 Å².